The second-order valence-corrected chi connectivity index (χ2v) is 8.42. The van der Waals surface area contributed by atoms with E-state index in [4.69, 9.17) is 5.26 Å². The molecule has 0 aromatic carbocycles. The lowest BCUT2D eigenvalue weighted by Gasteiger charge is -2.61. The number of carbonyl (C=O) groups is 1. The minimum Gasteiger partial charge on any atom is -0.390 e. The SMILES string of the molecule is N#[13C][13C@@H]1[13CH2][13CH2][13CH2]N1C(=O)CN(N=O)C12C[C@@H]3C[C@@H](CC(O)(C3)C1)C2. The molecule has 5 aliphatic rings. The number of carbonyl (C=O) groups excluding carboxylic acids is 1. The van der Waals surface area contributed by atoms with Gasteiger partial charge in [-0.05, 0) is 56.8 Å². The Kier molecular flexibility index (Phi) is 3.57. The molecule has 1 heterocycles. The summed E-state index contributed by atoms with van der Waals surface area (Å²) in [5.74, 6) is 0.657. The minimum absolute atomic E-state index is 0.0722. The fourth-order valence-corrected chi connectivity index (χ4v) is 6.17. The Balaban J connectivity index is 1.53. The molecule has 1 amide bonds. The Labute approximate surface area is 141 Å². The van der Waals surface area contributed by atoms with Crippen molar-refractivity contribution in [1.82, 2.24) is 9.91 Å². The molecule has 0 aromatic heterocycles. The molecular formula is C17H24N4O3. The summed E-state index contributed by atoms with van der Waals surface area (Å²) >= 11 is 0. The van der Waals surface area contributed by atoms with Gasteiger partial charge in [0.05, 0.1) is 22.5 Å². The van der Waals surface area contributed by atoms with Crippen LogP contribution in [0.25, 0.3) is 0 Å². The average Bonchev–Trinajstić information content (AvgIpc) is 2.98. The zero-order chi connectivity index (χ0) is 16.9. The Morgan fingerprint density at radius 1 is 1.33 bits per heavy atom. The van der Waals surface area contributed by atoms with Crippen molar-refractivity contribution in [3.63, 3.8) is 0 Å². The van der Waals surface area contributed by atoms with Gasteiger partial charge in [-0.15, -0.1) is 4.91 Å². The maximum Gasteiger partial charge on any atom is 0.245 e. The van der Waals surface area contributed by atoms with Crippen LogP contribution in [0.1, 0.15) is 51.4 Å². The van der Waals surface area contributed by atoms with Crippen LogP contribution in [0.3, 0.4) is 0 Å². The monoisotopic (exact) mass is 337 g/mol. The van der Waals surface area contributed by atoms with Crippen LogP contribution in [-0.2, 0) is 4.79 Å². The summed E-state index contributed by atoms with van der Waals surface area (Å²) in [6.07, 6.45) is 6.49. The van der Waals surface area contributed by atoms with E-state index in [1.807, 2.05) is 0 Å². The number of nitroso groups, excluding NO2 is 1. The highest BCUT2D eigenvalue weighted by molar-refractivity contribution is 5.79. The van der Waals surface area contributed by atoms with E-state index in [9.17, 15) is 14.8 Å². The van der Waals surface area contributed by atoms with Crippen molar-refractivity contribution >= 4 is 5.91 Å². The number of likely N-dealkylation sites (tertiary alicyclic amines) is 1. The Bertz CT molecular complexity index is 587. The summed E-state index contributed by atoms with van der Waals surface area (Å²) in [6.45, 7) is 0.503. The van der Waals surface area contributed by atoms with Crippen LogP contribution in [0.4, 0.5) is 0 Å². The normalized spacial score (nSPS) is 42.8. The lowest BCUT2D eigenvalue weighted by atomic mass is 9.51. The molecule has 4 saturated carbocycles. The summed E-state index contributed by atoms with van der Waals surface area (Å²) in [5.41, 5.74) is -1.17. The van der Waals surface area contributed by atoms with Gasteiger partial charge >= 0.3 is 0 Å². The van der Waals surface area contributed by atoms with Crippen LogP contribution >= 0.6 is 0 Å². The first-order chi connectivity index (χ1) is 11.5. The number of nitriles is 1. The second kappa shape index (κ2) is 5.41. The number of amides is 1. The van der Waals surface area contributed by atoms with E-state index in [0.717, 1.165) is 38.5 Å². The third kappa shape index (κ3) is 2.39. The van der Waals surface area contributed by atoms with E-state index < -0.39 is 11.1 Å². The van der Waals surface area contributed by atoms with E-state index in [1.54, 1.807) is 4.90 Å². The Morgan fingerprint density at radius 2 is 2.04 bits per heavy atom. The summed E-state index contributed by atoms with van der Waals surface area (Å²) in [6, 6.07) is 1.78. The van der Waals surface area contributed by atoms with Gasteiger partial charge in [-0.3, -0.25) is 4.79 Å². The van der Waals surface area contributed by atoms with Crippen molar-refractivity contribution in [3.8, 4) is 6.07 Å². The first kappa shape index (κ1) is 15.8. The third-order valence-electron chi connectivity index (χ3n) is 6.65. The number of rotatable bonds is 4. The first-order valence-electron chi connectivity index (χ1n) is 8.99. The van der Waals surface area contributed by atoms with E-state index >= 15 is 0 Å². The Hall–Kier alpha value is -1.68. The summed E-state index contributed by atoms with van der Waals surface area (Å²) < 4.78 is 0. The standard InChI is InChI=1S/C17H24N4O3/c18-9-14-2-1-3-20(14)15(22)10-21(19-24)16-5-12-4-13(6-16)8-17(23,7-12)11-16/h12-14,23H,1-8,10-11H2/t12-,13+,14-,16?,17?/m0/s1/i1+1,2+1,3+1,9+1,14+1. The molecule has 4 aliphatic carbocycles. The number of hydrogen-bond donors (Lipinski definition) is 1. The van der Waals surface area contributed by atoms with Gasteiger partial charge < -0.3 is 10.0 Å². The number of aliphatic hydroxyl groups is 1. The molecule has 1 N–H and O–H groups in total. The lowest BCUT2D eigenvalue weighted by Crippen LogP contribution is -2.65. The highest BCUT2D eigenvalue weighted by atomic mass is 16.3. The smallest absolute Gasteiger partial charge is 0.245 e. The second-order valence-electron chi connectivity index (χ2n) is 8.42. The molecule has 0 spiro atoms. The first-order valence-corrected chi connectivity index (χ1v) is 8.99. The van der Waals surface area contributed by atoms with E-state index in [1.165, 1.54) is 5.01 Å². The molecule has 130 valence electrons. The average molecular weight is 337 g/mol. The van der Waals surface area contributed by atoms with Crippen molar-refractivity contribution in [1.29, 1.82) is 5.26 Å². The molecule has 2 unspecified atom stereocenters. The van der Waals surface area contributed by atoms with Gasteiger partial charge in [0.15, 0.2) is 0 Å². The maximum atomic E-state index is 12.6. The molecule has 4 bridgehead atoms. The zero-order valence-electron chi connectivity index (χ0n) is 13.9. The molecule has 5 atom stereocenters. The van der Waals surface area contributed by atoms with Gasteiger partial charge in [0.2, 0.25) is 5.91 Å². The predicted octanol–water partition coefficient (Wildman–Crippen LogP) is 1.57. The highest BCUT2D eigenvalue weighted by Gasteiger charge is 2.60. The van der Waals surface area contributed by atoms with E-state index in [0.29, 0.717) is 31.2 Å². The van der Waals surface area contributed by atoms with Crippen molar-refractivity contribution < 1.29 is 9.90 Å². The molecule has 1 saturated heterocycles. The molecule has 0 radical (unpaired) electrons. The van der Waals surface area contributed by atoms with Crippen LogP contribution in [0.5, 0.6) is 0 Å². The topological polar surface area (TPSA) is 97.0 Å². The van der Waals surface area contributed by atoms with Gasteiger partial charge in [-0.25, -0.2) is 5.01 Å². The number of nitrogens with zero attached hydrogens (tertiary/aromatic N) is 4. The summed E-state index contributed by atoms with van der Waals surface area (Å²) in [7, 11) is 0. The van der Waals surface area contributed by atoms with Crippen molar-refractivity contribution in [2.45, 2.75) is 68.5 Å². The quantitative estimate of drug-likeness (QED) is 0.477. The van der Waals surface area contributed by atoms with Gasteiger partial charge in [0.1, 0.15) is 12.6 Å². The van der Waals surface area contributed by atoms with Crippen LogP contribution < -0.4 is 0 Å². The molecule has 5 fully saturated rings. The summed E-state index contributed by atoms with van der Waals surface area (Å²) in [5, 5.41) is 24.6. The predicted molar refractivity (Wildman–Crippen MR) is 85.2 cm³/mol. The molecule has 0 aromatic rings. The van der Waals surface area contributed by atoms with E-state index in [-0.39, 0.29) is 18.5 Å². The van der Waals surface area contributed by atoms with Crippen molar-refractivity contribution in [2.75, 3.05) is 13.1 Å². The van der Waals surface area contributed by atoms with Crippen LogP contribution in [0, 0.1) is 28.1 Å². The zero-order valence-corrected chi connectivity index (χ0v) is 13.9. The van der Waals surface area contributed by atoms with Crippen LogP contribution in [-0.4, -0.2) is 51.2 Å². The van der Waals surface area contributed by atoms with E-state index in [2.05, 4.69) is 11.4 Å². The van der Waals surface area contributed by atoms with Gasteiger partial charge in [0.25, 0.3) is 0 Å². The molecule has 7 nitrogen and oxygen atoms in total. The fraction of sp³-hybridized carbons (Fsp3) is 0.882. The van der Waals surface area contributed by atoms with Gasteiger partial charge in [-0.2, -0.15) is 5.26 Å². The van der Waals surface area contributed by atoms with Crippen molar-refractivity contribution in [2.24, 2.45) is 17.1 Å². The van der Waals surface area contributed by atoms with Crippen molar-refractivity contribution in [3.05, 3.63) is 4.91 Å². The Morgan fingerprint density at radius 3 is 2.62 bits per heavy atom. The minimum atomic E-state index is -0.696. The number of hydrogen-bond acceptors (Lipinski definition) is 5. The lowest BCUT2D eigenvalue weighted by molar-refractivity contribution is -0.179. The largest absolute Gasteiger partial charge is 0.390 e. The molecule has 24 heavy (non-hydrogen) atoms. The summed E-state index contributed by atoms with van der Waals surface area (Å²) in [4.78, 5) is 25.8. The van der Waals surface area contributed by atoms with Gasteiger partial charge in [-0.1, -0.05) is 0 Å². The van der Waals surface area contributed by atoms with Crippen LogP contribution in [0.15, 0.2) is 5.29 Å². The third-order valence-corrected chi connectivity index (χ3v) is 6.65. The fourth-order valence-electron chi connectivity index (χ4n) is 6.17. The maximum absolute atomic E-state index is 12.6. The highest BCUT2D eigenvalue weighted by Crippen LogP contribution is 2.59. The molecular weight excluding hydrogens is 313 g/mol. The molecule has 5 rings (SSSR count). The molecule has 1 aliphatic heterocycles. The van der Waals surface area contributed by atoms with Crippen LogP contribution in [0.2, 0.25) is 0 Å². The molecule has 7 heteroatoms. The van der Waals surface area contributed by atoms with Gasteiger partial charge in [0, 0.05) is 13.0 Å².